The van der Waals surface area contributed by atoms with Gasteiger partial charge >= 0.3 is 6.18 Å². The Bertz CT molecular complexity index is 521. The monoisotopic (exact) mass is 271 g/mol. The van der Waals surface area contributed by atoms with Crippen LogP contribution in [0.4, 0.5) is 23.2 Å². The fourth-order valence-corrected chi connectivity index (χ4v) is 2.93. The summed E-state index contributed by atoms with van der Waals surface area (Å²) in [6, 6.07) is 3.24. The van der Waals surface area contributed by atoms with Crippen LogP contribution in [0.5, 0.6) is 0 Å². The molecule has 1 nitrogen and oxygen atoms in total. The highest BCUT2D eigenvalue weighted by atomic mass is 19.4. The first-order valence-electron chi connectivity index (χ1n) is 6.25. The SMILES string of the molecule is Fc1ccc(NC2CC3CC=CC32)cc1C(F)(F)F. The van der Waals surface area contributed by atoms with E-state index in [1.807, 2.05) is 0 Å². The molecule has 1 saturated carbocycles. The number of halogens is 4. The summed E-state index contributed by atoms with van der Waals surface area (Å²) in [5, 5.41) is 3.07. The van der Waals surface area contributed by atoms with Crippen LogP contribution in [-0.4, -0.2) is 6.04 Å². The number of nitrogens with one attached hydrogen (secondary N) is 1. The molecule has 0 saturated heterocycles. The van der Waals surface area contributed by atoms with Gasteiger partial charge in [0.05, 0.1) is 5.56 Å². The number of fused-ring (bicyclic) bond motifs is 1. The molecule has 0 amide bonds. The Morgan fingerprint density at radius 1 is 1.21 bits per heavy atom. The minimum atomic E-state index is -4.66. The second-order valence-electron chi connectivity index (χ2n) is 5.18. The van der Waals surface area contributed by atoms with Gasteiger partial charge in [0.1, 0.15) is 5.82 Å². The summed E-state index contributed by atoms with van der Waals surface area (Å²) in [7, 11) is 0. The minimum Gasteiger partial charge on any atom is -0.382 e. The molecule has 3 atom stereocenters. The van der Waals surface area contributed by atoms with Gasteiger partial charge in [0, 0.05) is 17.6 Å². The lowest BCUT2D eigenvalue weighted by molar-refractivity contribution is -0.139. The van der Waals surface area contributed by atoms with E-state index in [9.17, 15) is 17.6 Å². The van der Waals surface area contributed by atoms with Crippen LogP contribution in [0, 0.1) is 17.7 Å². The number of rotatable bonds is 2. The topological polar surface area (TPSA) is 12.0 Å². The van der Waals surface area contributed by atoms with E-state index in [0.29, 0.717) is 17.5 Å². The molecule has 2 aliphatic rings. The first kappa shape index (κ1) is 12.5. The second kappa shape index (κ2) is 4.25. The molecule has 2 aliphatic carbocycles. The summed E-state index contributed by atoms with van der Waals surface area (Å²) >= 11 is 0. The normalized spacial score (nSPS) is 28.9. The zero-order valence-electron chi connectivity index (χ0n) is 10.0. The number of hydrogen-bond donors (Lipinski definition) is 1. The van der Waals surface area contributed by atoms with Crippen molar-refractivity contribution < 1.29 is 17.6 Å². The third-order valence-electron chi connectivity index (χ3n) is 3.99. The Morgan fingerprint density at radius 3 is 2.68 bits per heavy atom. The average Bonchev–Trinajstić information content (AvgIpc) is 2.68. The third kappa shape index (κ3) is 2.22. The van der Waals surface area contributed by atoms with Crippen LogP contribution in [0.25, 0.3) is 0 Å². The Kier molecular flexibility index (Phi) is 2.80. The predicted octanol–water partition coefficient (Wildman–Crippen LogP) is 4.22. The number of anilines is 1. The largest absolute Gasteiger partial charge is 0.419 e. The molecule has 1 aromatic carbocycles. The van der Waals surface area contributed by atoms with E-state index in [-0.39, 0.29) is 6.04 Å². The van der Waals surface area contributed by atoms with Gasteiger partial charge in [-0.3, -0.25) is 0 Å². The second-order valence-corrected chi connectivity index (χ2v) is 5.18. The van der Waals surface area contributed by atoms with Crippen molar-refractivity contribution in [2.45, 2.75) is 25.1 Å². The molecular weight excluding hydrogens is 258 g/mol. The summed E-state index contributed by atoms with van der Waals surface area (Å²) in [6.45, 7) is 0. The van der Waals surface area contributed by atoms with Gasteiger partial charge in [0.15, 0.2) is 0 Å². The molecule has 0 radical (unpaired) electrons. The summed E-state index contributed by atoms with van der Waals surface area (Å²) in [6.07, 6.45) is 1.58. The number of alkyl halides is 3. The van der Waals surface area contributed by atoms with Crippen molar-refractivity contribution >= 4 is 5.69 Å². The first-order chi connectivity index (χ1) is 8.95. The predicted molar refractivity (Wildman–Crippen MR) is 64.2 cm³/mol. The van der Waals surface area contributed by atoms with Crippen molar-refractivity contribution in [2.75, 3.05) is 5.32 Å². The zero-order chi connectivity index (χ0) is 13.6. The van der Waals surface area contributed by atoms with Crippen LogP contribution in [0.2, 0.25) is 0 Å². The highest BCUT2D eigenvalue weighted by Crippen LogP contribution is 2.44. The molecule has 3 rings (SSSR count). The zero-order valence-corrected chi connectivity index (χ0v) is 10.0. The van der Waals surface area contributed by atoms with Crippen LogP contribution in [0.15, 0.2) is 30.4 Å². The fraction of sp³-hybridized carbons (Fsp3) is 0.429. The first-order valence-corrected chi connectivity index (χ1v) is 6.25. The maximum Gasteiger partial charge on any atom is 0.419 e. The quantitative estimate of drug-likeness (QED) is 0.627. The van der Waals surface area contributed by atoms with Gasteiger partial charge in [-0.25, -0.2) is 4.39 Å². The number of allylic oxidation sites excluding steroid dienone is 1. The molecule has 102 valence electrons. The van der Waals surface area contributed by atoms with Crippen LogP contribution in [0.3, 0.4) is 0 Å². The van der Waals surface area contributed by atoms with Crippen LogP contribution < -0.4 is 5.32 Å². The lowest BCUT2D eigenvalue weighted by Crippen LogP contribution is -2.43. The van der Waals surface area contributed by atoms with Crippen LogP contribution in [-0.2, 0) is 6.18 Å². The fourth-order valence-electron chi connectivity index (χ4n) is 2.93. The highest BCUT2D eigenvalue weighted by Gasteiger charge is 2.41. The van der Waals surface area contributed by atoms with Gasteiger partial charge in [-0.05, 0) is 37.0 Å². The van der Waals surface area contributed by atoms with Gasteiger partial charge in [0.25, 0.3) is 0 Å². The van der Waals surface area contributed by atoms with E-state index in [1.54, 1.807) is 0 Å². The lowest BCUT2D eigenvalue weighted by Gasteiger charge is -2.41. The van der Waals surface area contributed by atoms with Crippen molar-refractivity contribution in [1.82, 2.24) is 0 Å². The molecule has 0 bridgehead atoms. The van der Waals surface area contributed by atoms with Crippen molar-refractivity contribution in [3.8, 4) is 0 Å². The van der Waals surface area contributed by atoms with Gasteiger partial charge in [-0.15, -0.1) is 0 Å². The van der Waals surface area contributed by atoms with Gasteiger partial charge < -0.3 is 5.32 Å². The number of benzene rings is 1. The molecule has 1 fully saturated rings. The van der Waals surface area contributed by atoms with E-state index in [1.165, 1.54) is 6.07 Å². The van der Waals surface area contributed by atoms with Crippen molar-refractivity contribution in [1.29, 1.82) is 0 Å². The molecular formula is C14H13F4N. The highest BCUT2D eigenvalue weighted by molar-refractivity contribution is 5.49. The summed E-state index contributed by atoms with van der Waals surface area (Å²) in [5.41, 5.74) is -0.882. The van der Waals surface area contributed by atoms with Gasteiger partial charge in [-0.2, -0.15) is 13.2 Å². The third-order valence-corrected chi connectivity index (χ3v) is 3.99. The Labute approximate surface area is 108 Å². The standard InChI is InChI=1S/C14H13F4N/c15-12-5-4-9(7-11(12)14(16,17)18)19-13-6-8-2-1-3-10(8)13/h1,3-5,7-8,10,13,19H,2,6H2. The summed E-state index contributed by atoms with van der Waals surface area (Å²) < 4.78 is 50.9. The molecule has 1 aromatic rings. The minimum absolute atomic E-state index is 0.162. The molecule has 0 aliphatic heterocycles. The molecule has 0 heterocycles. The van der Waals surface area contributed by atoms with Gasteiger partial charge in [-0.1, -0.05) is 12.2 Å². The summed E-state index contributed by atoms with van der Waals surface area (Å²) in [5.74, 6) is -0.204. The van der Waals surface area contributed by atoms with E-state index < -0.39 is 17.6 Å². The molecule has 0 aromatic heterocycles. The Balaban J connectivity index is 1.77. The maximum atomic E-state index is 13.2. The molecule has 0 spiro atoms. The van der Waals surface area contributed by atoms with E-state index in [0.717, 1.165) is 25.0 Å². The Hall–Kier alpha value is -1.52. The molecule has 19 heavy (non-hydrogen) atoms. The van der Waals surface area contributed by atoms with E-state index in [2.05, 4.69) is 17.5 Å². The average molecular weight is 271 g/mol. The van der Waals surface area contributed by atoms with Crippen molar-refractivity contribution in [3.05, 3.63) is 41.7 Å². The lowest BCUT2D eigenvalue weighted by atomic mass is 9.71. The smallest absolute Gasteiger partial charge is 0.382 e. The van der Waals surface area contributed by atoms with E-state index in [4.69, 9.17) is 0 Å². The summed E-state index contributed by atoms with van der Waals surface area (Å²) in [4.78, 5) is 0. The van der Waals surface area contributed by atoms with Crippen molar-refractivity contribution in [3.63, 3.8) is 0 Å². The molecule has 5 heteroatoms. The maximum absolute atomic E-state index is 13.2. The van der Waals surface area contributed by atoms with Crippen molar-refractivity contribution in [2.24, 2.45) is 11.8 Å². The van der Waals surface area contributed by atoms with E-state index >= 15 is 0 Å². The van der Waals surface area contributed by atoms with Crippen LogP contribution in [0.1, 0.15) is 18.4 Å². The van der Waals surface area contributed by atoms with Gasteiger partial charge in [0.2, 0.25) is 0 Å². The Morgan fingerprint density at radius 2 is 2.00 bits per heavy atom. The molecule has 1 N–H and O–H groups in total. The van der Waals surface area contributed by atoms with Crippen LogP contribution >= 0.6 is 0 Å². The molecule has 3 unspecified atom stereocenters. The number of hydrogen-bond acceptors (Lipinski definition) is 1.